The minimum absolute atomic E-state index is 0.208. The number of methoxy groups -OCH3 is 1. The fraction of sp³-hybridized carbons (Fsp3) is 0.462. The number of carbonyl (C=O) groups is 1. The van der Waals surface area contributed by atoms with Gasteiger partial charge in [-0.2, -0.15) is 0 Å². The molecule has 0 unspecified atom stereocenters. The molecule has 0 aliphatic heterocycles. The minimum Gasteiger partial charge on any atom is -0.397 e. The quantitative estimate of drug-likeness (QED) is 0.791. The third-order valence-electron chi connectivity index (χ3n) is 3.06. The highest BCUT2D eigenvalue weighted by atomic mass is 16.5. The Bertz CT molecular complexity index is 439. The van der Waals surface area contributed by atoms with Crippen LogP contribution in [-0.4, -0.2) is 18.6 Å². The van der Waals surface area contributed by atoms with E-state index >= 15 is 0 Å². The Kier molecular flexibility index (Phi) is 3.78. The van der Waals surface area contributed by atoms with Crippen molar-refractivity contribution < 1.29 is 9.53 Å². The van der Waals surface area contributed by atoms with E-state index in [9.17, 15) is 4.79 Å². The van der Waals surface area contributed by atoms with E-state index in [1.54, 1.807) is 19.9 Å². The lowest BCUT2D eigenvalue weighted by Gasteiger charge is -2.23. The molecule has 3 N–H and O–H groups in total. The van der Waals surface area contributed by atoms with Gasteiger partial charge in [0.1, 0.15) is 5.60 Å². The van der Waals surface area contributed by atoms with Crippen molar-refractivity contribution >= 4 is 17.3 Å². The van der Waals surface area contributed by atoms with Gasteiger partial charge in [0, 0.05) is 7.11 Å². The third-order valence-corrected chi connectivity index (χ3v) is 3.06. The Hall–Kier alpha value is -1.55. The van der Waals surface area contributed by atoms with E-state index < -0.39 is 5.60 Å². The number of amides is 1. The predicted molar refractivity (Wildman–Crippen MR) is 70.0 cm³/mol. The van der Waals surface area contributed by atoms with Gasteiger partial charge in [-0.25, -0.2) is 0 Å². The lowest BCUT2D eigenvalue weighted by molar-refractivity contribution is -0.133. The Labute approximate surface area is 102 Å². The molecule has 0 radical (unpaired) electrons. The molecule has 1 aromatic carbocycles. The van der Waals surface area contributed by atoms with Gasteiger partial charge in [0.05, 0.1) is 11.4 Å². The molecule has 0 fully saturated rings. The van der Waals surface area contributed by atoms with Crippen molar-refractivity contribution in [2.24, 2.45) is 0 Å². The van der Waals surface area contributed by atoms with E-state index in [-0.39, 0.29) is 5.91 Å². The molecule has 94 valence electrons. The van der Waals surface area contributed by atoms with Crippen LogP contribution in [0.4, 0.5) is 11.4 Å². The lowest BCUT2D eigenvalue weighted by atomic mass is 10.0. The molecule has 0 heterocycles. The van der Waals surface area contributed by atoms with Crippen LogP contribution in [0.5, 0.6) is 0 Å². The number of benzene rings is 1. The second-order valence-corrected chi connectivity index (χ2v) is 4.64. The summed E-state index contributed by atoms with van der Waals surface area (Å²) in [5.41, 5.74) is 8.29. The molecule has 4 nitrogen and oxygen atoms in total. The molecule has 1 amide bonds. The SMILES string of the molecule is COC(C)(C)C(=O)Nc1c(N)ccc(C)c1C. The number of ether oxygens (including phenoxy) is 1. The molecule has 0 spiro atoms. The summed E-state index contributed by atoms with van der Waals surface area (Å²) in [5.74, 6) is -0.208. The molecule has 0 aromatic heterocycles. The van der Waals surface area contributed by atoms with Gasteiger partial charge in [0.2, 0.25) is 0 Å². The normalized spacial score (nSPS) is 11.4. The van der Waals surface area contributed by atoms with E-state index in [1.807, 2.05) is 19.9 Å². The number of hydrogen-bond acceptors (Lipinski definition) is 3. The molecule has 0 aliphatic carbocycles. The van der Waals surface area contributed by atoms with Gasteiger partial charge in [0.15, 0.2) is 0 Å². The van der Waals surface area contributed by atoms with Gasteiger partial charge in [-0.05, 0) is 44.9 Å². The Morgan fingerprint density at radius 2 is 1.94 bits per heavy atom. The summed E-state index contributed by atoms with van der Waals surface area (Å²) in [6.45, 7) is 7.33. The number of nitrogen functional groups attached to an aromatic ring is 1. The molecular formula is C13H20N2O2. The van der Waals surface area contributed by atoms with Gasteiger partial charge in [-0.3, -0.25) is 4.79 Å². The van der Waals surface area contributed by atoms with E-state index in [2.05, 4.69) is 5.32 Å². The third kappa shape index (κ3) is 2.77. The number of nitrogens with two attached hydrogens (primary N) is 1. The smallest absolute Gasteiger partial charge is 0.256 e. The average molecular weight is 236 g/mol. The number of hydrogen-bond donors (Lipinski definition) is 2. The Morgan fingerprint density at radius 3 is 2.47 bits per heavy atom. The van der Waals surface area contributed by atoms with Crippen molar-refractivity contribution in [2.75, 3.05) is 18.2 Å². The molecule has 0 saturated heterocycles. The summed E-state index contributed by atoms with van der Waals surface area (Å²) in [6, 6.07) is 3.72. The van der Waals surface area contributed by atoms with Crippen LogP contribution in [0.2, 0.25) is 0 Å². The van der Waals surface area contributed by atoms with Crippen LogP contribution in [0, 0.1) is 13.8 Å². The van der Waals surface area contributed by atoms with Crippen LogP contribution in [-0.2, 0) is 9.53 Å². The summed E-state index contributed by atoms with van der Waals surface area (Å²) in [4.78, 5) is 12.0. The van der Waals surface area contributed by atoms with Gasteiger partial charge in [0.25, 0.3) is 5.91 Å². The molecule has 1 rings (SSSR count). The fourth-order valence-corrected chi connectivity index (χ4v) is 1.36. The topological polar surface area (TPSA) is 64.3 Å². The van der Waals surface area contributed by atoms with Crippen molar-refractivity contribution in [1.82, 2.24) is 0 Å². The Balaban J connectivity index is 3.04. The summed E-state index contributed by atoms with van der Waals surface area (Å²) in [7, 11) is 1.51. The van der Waals surface area contributed by atoms with E-state index in [0.29, 0.717) is 11.4 Å². The molecular weight excluding hydrogens is 216 g/mol. The van der Waals surface area contributed by atoms with Gasteiger partial charge in [-0.1, -0.05) is 6.07 Å². The maximum atomic E-state index is 12.0. The number of carbonyl (C=O) groups excluding carboxylic acids is 1. The number of nitrogens with one attached hydrogen (secondary N) is 1. The van der Waals surface area contributed by atoms with Crippen LogP contribution >= 0.6 is 0 Å². The molecule has 17 heavy (non-hydrogen) atoms. The van der Waals surface area contributed by atoms with Crippen molar-refractivity contribution in [1.29, 1.82) is 0 Å². The first-order valence-electron chi connectivity index (χ1n) is 5.52. The maximum Gasteiger partial charge on any atom is 0.256 e. The summed E-state index contributed by atoms with van der Waals surface area (Å²) in [6.07, 6.45) is 0. The number of rotatable bonds is 3. The zero-order valence-corrected chi connectivity index (χ0v) is 11.0. The standard InChI is InChI=1S/C13H20N2O2/c1-8-6-7-10(14)11(9(8)2)15-12(16)13(3,4)17-5/h6-7H,14H2,1-5H3,(H,15,16). The van der Waals surface area contributed by atoms with Crippen LogP contribution in [0.1, 0.15) is 25.0 Å². The first kappa shape index (κ1) is 13.5. The predicted octanol–water partition coefficient (Wildman–Crippen LogP) is 2.25. The highest BCUT2D eigenvalue weighted by Gasteiger charge is 2.27. The van der Waals surface area contributed by atoms with Crippen LogP contribution < -0.4 is 11.1 Å². The van der Waals surface area contributed by atoms with Crippen molar-refractivity contribution in [3.63, 3.8) is 0 Å². The first-order chi connectivity index (χ1) is 7.79. The van der Waals surface area contributed by atoms with Gasteiger partial charge >= 0.3 is 0 Å². The molecule has 1 aromatic rings. The monoisotopic (exact) mass is 236 g/mol. The van der Waals surface area contributed by atoms with Gasteiger partial charge in [-0.15, -0.1) is 0 Å². The summed E-state index contributed by atoms with van der Waals surface area (Å²) in [5, 5.41) is 2.82. The first-order valence-corrected chi connectivity index (χ1v) is 5.52. The number of anilines is 2. The maximum absolute atomic E-state index is 12.0. The zero-order chi connectivity index (χ0) is 13.2. The summed E-state index contributed by atoms with van der Waals surface area (Å²) < 4.78 is 5.13. The van der Waals surface area contributed by atoms with Crippen molar-refractivity contribution in [3.05, 3.63) is 23.3 Å². The zero-order valence-electron chi connectivity index (χ0n) is 11.0. The molecule has 0 atom stereocenters. The second-order valence-electron chi connectivity index (χ2n) is 4.64. The van der Waals surface area contributed by atoms with Crippen molar-refractivity contribution in [2.45, 2.75) is 33.3 Å². The fourth-order valence-electron chi connectivity index (χ4n) is 1.36. The van der Waals surface area contributed by atoms with Crippen LogP contribution in [0.3, 0.4) is 0 Å². The van der Waals surface area contributed by atoms with Gasteiger partial charge < -0.3 is 15.8 Å². The van der Waals surface area contributed by atoms with Crippen LogP contribution in [0.15, 0.2) is 12.1 Å². The molecule has 0 aliphatic rings. The molecule has 0 bridgehead atoms. The van der Waals surface area contributed by atoms with E-state index in [4.69, 9.17) is 10.5 Å². The lowest BCUT2D eigenvalue weighted by Crippen LogP contribution is -2.39. The minimum atomic E-state index is -0.872. The van der Waals surface area contributed by atoms with E-state index in [1.165, 1.54) is 7.11 Å². The highest BCUT2D eigenvalue weighted by Crippen LogP contribution is 2.27. The average Bonchev–Trinajstić information content (AvgIpc) is 2.29. The van der Waals surface area contributed by atoms with Crippen molar-refractivity contribution in [3.8, 4) is 0 Å². The highest BCUT2D eigenvalue weighted by molar-refractivity contribution is 5.99. The second kappa shape index (κ2) is 4.75. The van der Waals surface area contributed by atoms with E-state index in [0.717, 1.165) is 11.1 Å². The number of aryl methyl sites for hydroxylation is 1. The molecule has 0 saturated carbocycles. The Morgan fingerprint density at radius 1 is 1.35 bits per heavy atom. The summed E-state index contributed by atoms with van der Waals surface area (Å²) >= 11 is 0. The van der Waals surface area contributed by atoms with Crippen LogP contribution in [0.25, 0.3) is 0 Å². The largest absolute Gasteiger partial charge is 0.397 e. The molecule has 4 heteroatoms.